The van der Waals surface area contributed by atoms with E-state index < -0.39 is 0 Å². The summed E-state index contributed by atoms with van der Waals surface area (Å²) in [6.45, 7) is 3.21. The number of benzene rings is 1. The van der Waals surface area contributed by atoms with E-state index in [9.17, 15) is 4.79 Å². The molecule has 1 saturated carbocycles. The van der Waals surface area contributed by atoms with Crippen molar-refractivity contribution in [3.8, 4) is 33.6 Å². The number of anilines is 1. The first-order valence-electron chi connectivity index (χ1n) is 14.3. The Morgan fingerprint density at radius 1 is 0.857 bits per heavy atom. The molecule has 42 heavy (non-hydrogen) atoms. The summed E-state index contributed by atoms with van der Waals surface area (Å²) >= 11 is 0. The molecule has 6 heterocycles. The Kier molecular flexibility index (Phi) is 5.70. The van der Waals surface area contributed by atoms with Gasteiger partial charge < -0.3 is 9.13 Å². The highest BCUT2D eigenvalue weighted by Crippen LogP contribution is 2.38. The van der Waals surface area contributed by atoms with Gasteiger partial charge in [-0.2, -0.15) is 0 Å². The lowest BCUT2D eigenvalue weighted by Crippen LogP contribution is -2.41. The first-order valence-corrected chi connectivity index (χ1v) is 14.3. The molecule has 6 aromatic rings. The van der Waals surface area contributed by atoms with Crippen molar-refractivity contribution in [1.82, 2.24) is 34.3 Å². The van der Waals surface area contributed by atoms with Crippen LogP contribution in [0.15, 0.2) is 85.7 Å². The van der Waals surface area contributed by atoms with Crippen LogP contribution in [-0.2, 0) is 6.54 Å². The normalized spacial score (nSPS) is 15.2. The Morgan fingerprint density at radius 2 is 1.69 bits per heavy atom. The maximum Gasteiger partial charge on any atom is 0.276 e. The van der Waals surface area contributed by atoms with Gasteiger partial charge in [-0.15, -0.1) is 10.2 Å². The summed E-state index contributed by atoms with van der Waals surface area (Å²) in [5.74, 6) is 1.53. The second-order valence-corrected chi connectivity index (χ2v) is 11.0. The van der Waals surface area contributed by atoms with Gasteiger partial charge in [-0.05, 0) is 67.1 Å². The van der Waals surface area contributed by atoms with Gasteiger partial charge in [-0.1, -0.05) is 30.3 Å². The fourth-order valence-corrected chi connectivity index (χ4v) is 6.29. The fourth-order valence-electron chi connectivity index (χ4n) is 6.29. The minimum Gasteiger partial charge on any atom is -0.319 e. The molecule has 8 rings (SSSR count). The van der Waals surface area contributed by atoms with E-state index >= 15 is 0 Å². The van der Waals surface area contributed by atoms with Crippen LogP contribution in [0, 0.1) is 6.92 Å². The number of carbonyl (C=O) groups excluding carboxylic acids is 1. The summed E-state index contributed by atoms with van der Waals surface area (Å²) in [6, 6.07) is 18.8. The smallest absolute Gasteiger partial charge is 0.276 e. The lowest BCUT2D eigenvalue weighted by atomic mass is 9.92. The molecule has 0 atom stereocenters. The summed E-state index contributed by atoms with van der Waals surface area (Å²) in [4.78, 5) is 29.2. The molecular formula is C33H28N8O. The minimum absolute atomic E-state index is 0.0542. The van der Waals surface area contributed by atoms with Crippen LogP contribution in [0.4, 0.5) is 5.82 Å². The summed E-state index contributed by atoms with van der Waals surface area (Å²) < 4.78 is 4.25. The van der Waals surface area contributed by atoms with Crippen molar-refractivity contribution >= 4 is 22.8 Å². The van der Waals surface area contributed by atoms with Crippen LogP contribution in [0.2, 0.25) is 0 Å². The number of aryl methyl sites for hydroxylation is 1. The predicted molar refractivity (Wildman–Crippen MR) is 161 cm³/mol. The number of fused-ring (bicyclic) bond motifs is 3. The molecule has 0 unspecified atom stereocenters. The Bertz CT molecular complexity index is 1950. The minimum atomic E-state index is -0.0542. The third kappa shape index (κ3) is 3.84. The van der Waals surface area contributed by atoms with E-state index in [1.165, 1.54) is 19.3 Å². The van der Waals surface area contributed by atoms with Crippen LogP contribution >= 0.6 is 0 Å². The summed E-state index contributed by atoms with van der Waals surface area (Å²) in [5.41, 5.74) is 7.54. The number of pyridine rings is 3. The standard InChI is InChI=1S/C33H28N8O/c1-21-29-27(12-14-36-32(29)40-16-15-39(33(42)30(21)40)28-7-2-3-13-35-28)25-17-24(18-34-19-25)22-8-10-23(11-9-22)31-38-37-20-41(31)26-5-4-6-26/h2-3,7-14,17-20,26H,4-6,15-16H2,1H3. The van der Waals surface area contributed by atoms with Crippen molar-refractivity contribution in [2.24, 2.45) is 0 Å². The van der Waals surface area contributed by atoms with Crippen LogP contribution in [0.3, 0.4) is 0 Å². The van der Waals surface area contributed by atoms with Gasteiger partial charge in [0, 0.05) is 66.0 Å². The van der Waals surface area contributed by atoms with Gasteiger partial charge in [0.25, 0.3) is 5.91 Å². The van der Waals surface area contributed by atoms with Gasteiger partial charge >= 0.3 is 0 Å². The molecule has 1 aliphatic carbocycles. The molecule has 0 spiro atoms. The van der Waals surface area contributed by atoms with Crippen LogP contribution in [-0.4, -0.2) is 46.7 Å². The SMILES string of the molecule is Cc1c2n(c3nccc(-c4cncc(-c5ccc(-c6nncn6C6CCC6)cc5)c4)c13)CCN(c1ccccn1)C2=O. The molecule has 1 aromatic carbocycles. The van der Waals surface area contributed by atoms with Crippen molar-refractivity contribution in [3.05, 3.63) is 97.0 Å². The second kappa shape index (κ2) is 9.73. The highest BCUT2D eigenvalue weighted by molar-refractivity contribution is 6.11. The van der Waals surface area contributed by atoms with E-state index in [1.54, 1.807) is 11.1 Å². The zero-order valence-corrected chi connectivity index (χ0v) is 23.2. The van der Waals surface area contributed by atoms with Gasteiger partial charge in [-0.3, -0.25) is 14.7 Å². The number of hydrogen-bond acceptors (Lipinski definition) is 6. The lowest BCUT2D eigenvalue weighted by Gasteiger charge is -2.28. The Hall–Kier alpha value is -5.18. The monoisotopic (exact) mass is 552 g/mol. The van der Waals surface area contributed by atoms with Gasteiger partial charge in [-0.25, -0.2) is 9.97 Å². The van der Waals surface area contributed by atoms with Crippen molar-refractivity contribution < 1.29 is 4.79 Å². The van der Waals surface area contributed by atoms with Gasteiger partial charge in [0.1, 0.15) is 23.5 Å². The molecular weight excluding hydrogens is 524 g/mol. The molecule has 206 valence electrons. The van der Waals surface area contributed by atoms with Crippen LogP contribution < -0.4 is 4.90 Å². The average molecular weight is 553 g/mol. The van der Waals surface area contributed by atoms with Crippen LogP contribution in [0.1, 0.15) is 41.4 Å². The van der Waals surface area contributed by atoms with E-state index in [-0.39, 0.29) is 5.91 Å². The topological polar surface area (TPSA) is 94.6 Å². The number of hydrogen-bond donors (Lipinski definition) is 0. The van der Waals surface area contributed by atoms with E-state index in [0.29, 0.717) is 30.6 Å². The van der Waals surface area contributed by atoms with Crippen LogP contribution in [0.5, 0.6) is 0 Å². The lowest BCUT2D eigenvalue weighted by molar-refractivity contribution is 0.0964. The predicted octanol–water partition coefficient (Wildman–Crippen LogP) is 6.11. The maximum atomic E-state index is 13.7. The number of carbonyl (C=O) groups is 1. The third-order valence-electron chi connectivity index (χ3n) is 8.67. The number of aromatic nitrogens is 7. The molecule has 0 bridgehead atoms. The molecule has 9 nitrogen and oxygen atoms in total. The van der Waals surface area contributed by atoms with Crippen molar-refractivity contribution in [2.75, 3.05) is 11.4 Å². The first-order chi connectivity index (χ1) is 20.7. The summed E-state index contributed by atoms with van der Waals surface area (Å²) in [6.07, 6.45) is 12.8. The highest BCUT2D eigenvalue weighted by Gasteiger charge is 2.32. The maximum absolute atomic E-state index is 13.7. The quantitative estimate of drug-likeness (QED) is 0.256. The molecule has 1 aliphatic heterocycles. The molecule has 2 aliphatic rings. The Morgan fingerprint density at radius 3 is 2.48 bits per heavy atom. The van der Waals surface area contributed by atoms with E-state index in [1.807, 2.05) is 60.7 Å². The van der Waals surface area contributed by atoms with Crippen LogP contribution in [0.25, 0.3) is 44.7 Å². The average Bonchev–Trinajstić information content (AvgIpc) is 3.60. The summed E-state index contributed by atoms with van der Waals surface area (Å²) in [7, 11) is 0. The zero-order chi connectivity index (χ0) is 28.2. The molecule has 1 fully saturated rings. The van der Waals surface area contributed by atoms with Crippen molar-refractivity contribution in [3.63, 3.8) is 0 Å². The highest BCUT2D eigenvalue weighted by atomic mass is 16.2. The van der Waals surface area contributed by atoms with Crippen molar-refractivity contribution in [1.29, 1.82) is 0 Å². The molecule has 9 heteroatoms. The molecule has 1 amide bonds. The first kappa shape index (κ1) is 24.6. The Balaban J connectivity index is 1.15. The second-order valence-electron chi connectivity index (χ2n) is 11.0. The zero-order valence-electron chi connectivity index (χ0n) is 23.2. The van der Waals surface area contributed by atoms with E-state index in [4.69, 9.17) is 4.98 Å². The molecule has 0 N–H and O–H groups in total. The summed E-state index contributed by atoms with van der Waals surface area (Å²) in [5, 5.41) is 9.56. The van der Waals surface area contributed by atoms with Gasteiger partial charge in [0.15, 0.2) is 5.82 Å². The number of rotatable bonds is 5. The van der Waals surface area contributed by atoms with Crippen molar-refractivity contribution in [2.45, 2.75) is 38.8 Å². The fraction of sp³-hybridized carbons (Fsp3) is 0.212. The molecule has 5 aromatic heterocycles. The van der Waals surface area contributed by atoms with E-state index in [2.05, 4.69) is 55.1 Å². The largest absolute Gasteiger partial charge is 0.319 e. The molecule has 0 saturated heterocycles. The Labute approximate surface area is 242 Å². The van der Waals surface area contributed by atoms with E-state index in [0.717, 1.165) is 50.2 Å². The number of nitrogens with zero attached hydrogens (tertiary/aromatic N) is 8. The third-order valence-corrected chi connectivity index (χ3v) is 8.67. The van der Waals surface area contributed by atoms with Gasteiger partial charge in [0.05, 0.1) is 0 Å². The molecule has 0 radical (unpaired) electrons. The van der Waals surface area contributed by atoms with Gasteiger partial charge in [0.2, 0.25) is 0 Å². The number of amides is 1.